The number of amides is 1. The van der Waals surface area contributed by atoms with Crippen LogP contribution in [0, 0.1) is 13.8 Å². The Bertz CT molecular complexity index is 1350. The second-order valence-electron chi connectivity index (χ2n) is 9.39. The van der Waals surface area contributed by atoms with Crippen molar-refractivity contribution >= 4 is 16.9 Å². The summed E-state index contributed by atoms with van der Waals surface area (Å²) in [6.45, 7) is 5.88. The van der Waals surface area contributed by atoms with Crippen molar-refractivity contribution in [3.8, 4) is 17.2 Å². The number of carbonyl (C=O) groups excluding carboxylic acids is 1. The molecular weight excluding hydrogens is 478 g/mol. The van der Waals surface area contributed by atoms with Crippen molar-refractivity contribution < 1.29 is 19.0 Å². The first kappa shape index (κ1) is 27.0. The predicted molar refractivity (Wildman–Crippen MR) is 150 cm³/mol. The molecule has 1 N–H and O–H groups in total. The number of fused-ring (bicyclic) bond motifs is 1. The fourth-order valence-corrected chi connectivity index (χ4v) is 4.42. The molecule has 0 radical (unpaired) electrons. The average Bonchev–Trinajstić information content (AvgIpc) is 3.28. The molecule has 0 aliphatic carbocycles. The molecule has 7 heteroatoms. The molecule has 0 saturated carbocycles. The Balaban J connectivity index is 1.22. The Morgan fingerprint density at radius 1 is 0.895 bits per heavy atom. The lowest BCUT2D eigenvalue weighted by Gasteiger charge is -2.13. The molecule has 0 atom stereocenters. The van der Waals surface area contributed by atoms with E-state index < -0.39 is 0 Å². The number of carbonyl (C=O) groups is 1. The van der Waals surface area contributed by atoms with E-state index in [4.69, 9.17) is 19.2 Å². The minimum atomic E-state index is -0.0947. The summed E-state index contributed by atoms with van der Waals surface area (Å²) in [7, 11) is 1.65. The molecule has 3 aromatic carbocycles. The molecule has 38 heavy (non-hydrogen) atoms. The van der Waals surface area contributed by atoms with Crippen LogP contribution in [0.5, 0.6) is 17.2 Å². The summed E-state index contributed by atoms with van der Waals surface area (Å²) in [6, 6.07) is 21.9. The van der Waals surface area contributed by atoms with Crippen LogP contribution in [0.2, 0.25) is 0 Å². The van der Waals surface area contributed by atoms with Crippen LogP contribution >= 0.6 is 0 Å². The van der Waals surface area contributed by atoms with Gasteiger partial charge in [0.15, 0.2) is 18.1 Å². The lowest BCUT2D eigenvalue weighted by Crippen LogP contribution is -2.29. The summed E-state index contributed by atoms with van der Waals surface area (Å²) in [5, 5.41) is 2.96. The largest absolute Gasteiger partial charge is 0.493 e. The SMILES string of the molecule is COc1ccccc1OCCn1c(CCCCCNC(=O)COc2cc(C)ccc2C)nc2ccccc21. The number of unbranched alkanes of at least 4 members (excludes halogenated alkanes) is 2. The highest BCUT2D eigenvalue weighted by molar-refractivity contribution is 5.77. The summed E-state index contributed by atoms with van der Waals surface area (Å²) < 4.78 is 19.4. The van der Waals surface area contributed by atoms with Crippen molar-refractivity contribution in [3.63, 3.8) is 0 Å². The normalized spacial score (nSPS) is 10.9. The van der Waals surface area contributed by atoms with Gasteiger partial charge in [0.2, 0.25) is 0 Å². The van der Waals surface area contributed by atoms with Crippen LogP contribution in [0.25, 0.3) is 11.0 Å². The number of para-hydroxylation sites is 4. The maximum Gasteiger partial charge on any atom is 0.257 e. The number of methoxy groups -OCH3 is 1. The fourth-order valence-electron chi connectivity index (χ4n) is 4.42. The molecule has 200 valence electrons. The molecule has 0 aliphatic heterocycles. The molecule has 0 aliphatic rings. The van der Waals surface area contributed by atoms with Gasteiger partial charge < -0.3 is 24.1 Å². The third-order valence-electron chi connectivity index (χ3n) is 6.48. The van der Waals surface area contributed by atoms with Crippen molar-refractivity contribution in [2.45, 2.75) is 46.1 Å². The van der Waals surface area contributed by atoms with E-state index in [2.05, 4.69) is 16.0 Å². The molecule has 4 rings (SSSR count). The second-order valence-corrected chi connectivity index (χ2v) is 9.39. The first-order valence-corrected chi connectivity index (χ1v) is 13.2. The van der Waals surface area contributed by atoms with Crippen LogP contribution in [0.3, 0.4) is 0 Å². The number of hydrogen-bond acceptors (Lipinski definition) is 5. The quantitative estimate of drug-likeness (QED) is 0.220. The molecule has 1 aromatic heterocycles. The van der Waals surface area contributed by atoms with Crippen molar-refractivity contribution in [2.75, 3.05) is 26.9 Å². The summed E-state index contributed by atoms with van der Waals surface area (Å²) in [6.07, 6.45) is 3.77. The monoisotopic (exact) mass is 515 g/mol. The molecule has 7 nitrogen and oxygen atoms in total. The van der Waals surface area contributed by atoms with Gasteiger partial charge >= 0.3 is 0 Å². The molecule has 1 amide bonds. The van der Waals surface area contributed by atoms with Crippen LogP contribution in [-0.2, 0) is 17.8 Å². The van der Waals surface area contributed by atoms with E-state index >= 15 is 0 Å². The fraction of sp³-hybridized carbons (Fsp3) is 0.355. The first-order chi connectivity index (χ1) is 18.5. The Morgan fingerprint density at radius 3 is 2.53 bits per heavy atom. The number of imidazole rings is 1. The number of benzene rings is 3. The van der Waals surface area contributed by atoms with E-state index in [1.54, 1.807) is 7.11 Å². The zero-order valence-electron chi connectivity index (χ0n) is 22.5. The van der Waals surface area contributed by atoms with Crippen LogP contribution in [0.4, 0.5) is 0 Å². The summed E-state index contributed by atoms with van der Waals surface area (Å²) in [5.41, 5.74) is 4.25. The Hall–Kier alpha value is -4.00. The minimum absolute atomic E-state index is 0.0330. The number of ether oxygens (including phenoxy) is 3. The standard InChI is InChI=1S/C31H37N3O4/c1-23-16-17-24(2)29(21-23)38-22-31(35)32-18-10-4-5-15-30-33-25-11-6-7-12-26(25)34(30)19-20-37-28-14-9-8-13-27(28)36-3/h6-9,11-14,16-17,21H,4-5,10,15,18-20,22H2,1-3H3,(H,32,35). The Morgan fingerprint density at radius 2 is 1.68 bits per heavy atom. The van der Waals surface area contributed by atoms with Gasteiger partial charge in [-0.05, 0) is 68.1 Å². The van der Waals surface area contributed by atoms with Gasteiger partial charge in [-0.25, -0.2) is 4.98 Å². The number of nitrogens with one attached hydrogen (secondary N) is 1. The topological polar surface area (TPSA) is 74.6 Å². The highest BCUT2D eigenvalue weighted by Crippen LogP contribution is 2.26. The average molecular weight is 516 g/mol. The van der Waals surface area contributed by atoms with Crippen LogP contribution in [-0.4, -0.2) is 42.3 Å². The van der Waals surface area contributed by atoms with Crippen LogP contribution in [0.15, 0.2) is 66.7 Å². The second kappa shape index (κ2) is 13.5. The third kappa shape index (κ3) is 7.28. The van der Waals surface area contributed by atoms with Gasteiger partial charge in [-0.15, -0.1) is 0 Å². The zero-order valence-corrected chi connectivity index (χ0v) is 22.5. The van der Waals surface area contributed by atoms with E-state index in [-0.39, 0.29) is 12.5 Å². The van der Waals surface area contributed by atoms with E-state index in [1.165, 1.54) is 0 Å². The van der Waals surface area contributed by atoms with E-state index in [9.17, 15) is 4.79 Å². The maximum absolute atomic E-state index is 12.2. The number of rotatable bonds is 14. The van der Waals surface area contributed by atoms with Gasteiger partial charge in [0.1, 0.15) is 18.2 Å². The van der Waals surface area contributed by atoms with Gasteiger partial charge in [0.05, 0.1) is 24.7 Å². The van der Waals surface area contributed by atoms with Gasteiger partial charge in [-0.2, -0.15) is 0 Å². The van der Waals surface area contributed by atoms with Crippen molar-refractivity contribution in [2.24, 2.45) is 0 Å². The molecule has 4 aromatic rings. The highest BCUT2D eigenvalue weighted by atomic mass is 16.5. The number of hydrogen-bond donors (Lipinski definition) is 1. The molecule has 0 unspecified atom stereocenters. The lowest BCUT2D eigenvalue weighted by molar-refractivity contribution is -0.123. The van der Waals surface area contributed by atoms with Gasteiger partial charge in [-0.3, -0.25) is 4.79 Å². The molecule has 0 fully saturated rings. The third-order valence-corrected chi connectivity index (χ3v) is 6.48. The lowest BCUT2D eigenvalue weighted by atomic mass is 10.1. The maximum atomic E-state index is 12.2. The number of aromatic nitrogens is 2. The van der Waals surface area contributed by atoms with Crippen LogP contribution in [0.1, 0.15) is 36.2 Å². The van der Waals surface area contributed by atoms with Gasteiger partial charge in [0.25, 0.3) is 5.91 Å². The zero-order chi connectivity index (χ0) is 26.7. The van der Waals surface area contributed by atoms with E-state index in [0.717, 1.165) is 70.9 Å². The predicted octanol–water partition coefficient (Wildman–Crippen LogP) is 5.65. The highest BCUT2D eigenvalue weighted by Gasteiger charge is 2.11. The molecule has 0 bridgehead atoms. The van der Waals surface area contributed by atoms with E-state index in [0.29, 0.717) is 19.7 Å². The molecule has 0 saturated heterocycles. The van der Waals surface area contributed by atoms with Gasteiger partial charge in [0, 0.05) is 13.0 Å². The number of nitrogens with zero attached hydrogens (tertiary/aromatic N) is 2. The van der Waals surface area contributed by atoms with Gasteiger partial charge in [-0.1, -0.05) is 42.8 Å². The number of aryl methyl sites for hydroxylation is 3. The minimum Gasteiger partial charge on any atom is -0.493 e. The summed E-state index contributed by atoms with van der Waals surface area (Å²) >= 11 is 0. The Labute approximate surface area is 224 Å². The summed E-state index contributed by atoms with van der Waals surface area (Å²) in [4.78, 5) is 17.1. The van der Waals surface area contributed by atoms with E-state index in [1.807, 2.05) is 74.5 Å². The first-order valence-electron chi connectivity index (χ1n) is 13.2. The Kier molecular flexibility index (Phi) is 9.62. The summed E-state index contributed by atoms with van der Waals surface area (Å²) in [5.74, 6) is 3.19. The van der Waals surface area contributed by atoms with Crippen molar-refractivity contribution in [3.05, 3.63) is 83.7 Å². The van der Waals surface area contributed by atoms with Crippen molar-refractivity contribution in [1.29, 1.82) is 0 Å². The van der Waals surface area contributed by atoms with Crippen molar-refractivity contribution in [1.82, 2.24) is 14.9 Å². The molecule has 0 spiro atoms. The van der Waals surface area contributed by atoms with Crippen LogP contribution < -0.4 is 19.5 Å². The smallest absolute Gasteiger partial charge is 0.257 e. The molecule has 1 heterocycles. The molecular formula is C31H37N3O4.